The van der Waals surface area contributed by atoms with Crippen molar-refractivity contribution in [2.45, 2.75) is 26.7 Å². The van der Waals surface area contributed by atoms with Gasteiger partial charge >= 0.3 is 0 Å². The molecule has 0 aliphatic carbocycles. The van der Waals surface area contributed by atoms with Crippen molar-refractivity contribution < 1.29 is 14.3 Å². The van der Waals surface area contributed by atoms with Crippen LogP contribution in [0.5, 0.6) is 11.5 Å². The molecule has 4 rings (SSSR count). The number of pyridine rings is 1. The summed E-state index contributed by atoms with van der Waals surface area (Å²) in [4.78, 5) is 19.6. The first kappa shape index (κ1) is 22.4. The Morgan fingerprint density at radius 2 is 1.91 bits per heavy atom. The normalized spacial score (nSPS) is 14.0. The topological polar surface area (TPSA) is 87.5 Å². The monoisotopic (exact) mass is 444 g/mol. The van der Waals surface area contributed by atoms with Gasteiger partial charge in [-0.25, -0.2) is 0 Å². The number of fused-ring (bicyclic) bond motifs is 1. The maximum Gasteiger partial charge on any atom is 0.227 e. The fourth-order valence-corrected chi connectivity index (χ4v) is 4.29. The molecule has 0 unspecified atom stereocenters. The average Bonchev–Trinajstić information content (AvgIpc) is 2.85. The predicted molar refractivity (Wildman–Crippen MR) is 129 cm³/mol. The van der Waals surface area contributed by atoms with Crippen LogP contribution in [0.15, 0.2) is 48.7 Å². The number of anilines is 2. The van der Waals surface area contributed by atoms with E-state index >= 15 is 0 Å². The molecule has 0 radical (unpaired) electrons. The second-order valence-electron chi connectivity index (χ2n) is 7.92. The van der Waals surface area contributed by atoms with Crippen molar-refractivity contribution in [3.8, 4) is 17.6 Å². The predicted octanol–water partition coefficient (Wildman–Crippen LogP) is 4.76. The highest BCUT2D eigenvalue weighted by Gasteiger charge is 2.28. The fraction of sp³-hybridized carbons (Fsp3) is 0.346. The molecule has 1 saturated heterocycles. The van der Waals surface area contributed by atoms with E-state index in [-0.39, 0.29) is 11.8 Å². The van der Waals surface area contributed by atoms with E-state index in [1.54, 1.807) is 6.20 Å². The van der Waals surface area contributed by atoms with Crippen LogP contribution in [0, 0.1) is 17.2 Å². The number of para-hydroxylation sites is 2. The highest BCUT2D eigenvalue weighted by molar-refractivity contribution is 5.96. The van der Waals surface area contributed by atoms with Gasteiger partial charge in [0.2, 0.25) is 5.91 Å². The molecule has 1 N–H and O–H groups in total. The number of nitriles is 1. The van der Waals surface area contributed by atoms with Crippen LogP contribution in [-0.4, -0.2) is 37.2 Å². The first-order valence-corrected chi connectivity index (χ1v) is 11.4. The molecule has 0 atom stereocenters. The number of piperidine rings is 1. The number of rotatable bonds is 7. The molecule has 7 heteroatoms. The van der Waals surface area contributed by atoms with Crippen LogP contribution in [0.3, 0.4) is 0 Å². The smallest absolute Gasteiger partial charge is 0.227 e. The van der Waals surface area contributed by atoms with E-state index in [1.807, 2.05) is 56.3 Å². The van der Waals surface area contributed by atoms with Crippen molar-refractivity contribution in [3.05, 3.63) is 54.2 Å². The van der Waals surface area contributed by atoms with E-state index in [4.69, 9.17) is 9.47 Å². The number of carbonyl (C=O) groups is 1. The largest absolute Gasteiger partial charge is 0.494 e. The number of benzene rings is 2. The number of hydrogen-bond acceptors (Lipinski definition) is 6. The summed E-state index contributed by atoms with van der Waals surface area (Å²) in [6, 6.07) is 15.5. The molecule has 0 spiro atoms. The number of hydrogen-bond donors (Lipinski definition) is 1. The zero-order valence-corrected chi connectivity index (χ0v) is 19.0. The van der Waals surface area contributed by atoms with Gasteiger partial charge < -0.3 is 19.7 Å². The van der Waals surface area contributed by atoms with Crippen molar-refractivity contribution >= 4 is 28.2 Å². The van der Waals surface area contributed by atoms with Gasteiger partial charge in [-0.3, -0.25) is 9.78 Å². The lowest BCUT2D eigenvalue weighted by Crippen LogP contribution is -2.38. The highest BCUT2D eigenvalue weighted by Crippen LogP contribution is 2.35. The Morgan fingerprint density at radius 1 is 1.15 bits per heavy atom. The Bertz CT molecular complexity index is 1180. The Kier molecular flexibility index (Phi) is 6.94. The van der Waals surface area contributed by atoms with Crippen molar-refractivity contribution in [2.24, 2.45) is 5.92 Å². The van der Waals surface area contributed by atoms with Crippen molar-refractivity contribution in [3.63, 3.8) is 0 Å². The fourth-order valence-electron chi connectivity index (χ4n) is 4.29. The standard InChI is InChI=1S/C26H28N4O3/c1-3-32-20-9-10-22-21(15-20)25(19(16-27)17-28-22)30-13-11-18(12-14-30)26(31)29-23-7-5-6-8-24(23)33-4-2/h5-10,15,17-18H,3-4,11-14H2,1-2H3,(H,29,31). The summed E-state index contributed by atoms with van der Waals surface area (Å²) in [5.74, 6) is 1.33. The quantitative estimate of drug-likeness (QED) is 0.565. The van der Waals surface area contributed by atoms with E-state index in [0.29, 0.717) is 56.1 Å². The molecular weight excluding hydrogens is 416 g/mol. The lowest BCUT2D eigenvalue weighted by molar-refractivity contribution is -0.120. The van der Waals surface area contributed by atoms with Gasteiger partial charge in [-0.2, -0.15) is 5.26 Å². The molecule has 1 aliphatic rings. The third-order valence-electron chi connectivity index (χ3n) is 5.87. The third kappa shape index (κ3) is 4.85. The van der Waals surface area contributed by atoms with Crippen molar-refractivity contribution in [1.82, 2.24) is 4.98 Å². The zero-order chi connectivity index (χ0) is 23.2. The number of nitrogens with one attached hydrogen (secondary N) is 1. The Balaban J connectivity index is 1.51. The highest BCUT2D eigenvalue weighted by atomic mass is 16.5. The molecule has 1 aliphatic heterocycles. The Morgan fingerprint density at radius 3 is 2.64 bits per heavy atom. The zero-order valence-electron chi connectivity index (χ0n) is 19.0. The van der Waals surface area contributed by atoms with Gasteiger partial charge in [-0.05, 0) is 57.0 Å². The van der Waals surface area contributed by atoms with Gasteiger partial charge in [0.1, 0.15) is 17.6 Å². The van der Waals surface area contributed by atoms with Gasteiger partial charge in [0.25, 0.3) is 0 Å². The SMILES string of the molecule is CCOc1ccc2ncc(C#N)c(N3CCC(C(=O)Nc4ccccc4OCC)CC3)c2c1. The lowest BCUT2D eigenvalue weighted by Gasteiger charge is -2.34. The van der Waals surface area contributed by atoms with Gasteiger partial charge in [0, 0.05) is 30.6 Å². The first-order valence-electron chi connectivity index (χ1n) is 11.4. The second kappa shape index (κ2) is 10.2. The van der Waals surface area contributed by atoms with Crippen LogP contribution < -0.4 is 19.7 Å². The molecule has 33 heavy (non-hydrogen) atoms. The van der Waals surface area contributed by atoms with Gasteiger partial charge in [-0.1, -0.05) is 12.1 Å². The summed E-state index contributed by atoms with van der Waals surface area (Å²) in [5.41, 5.74) is 2.91. The van der Waals surface area contributed by atoms with Gasteiger partial charge in [0.15, 0.2) is 0 Å². The number of aromatic nitrogens is 1. The van der Waals surface area contributed by atoms with Gasteiger partial charge in [0.05, 0.1) is 35.7 Å². The van der Waals surface area contributed by atoms with Crippen LogP contribution in [-0.2, 0) is 4.79 Å². The minimum atomic E-state index is -0.103. The van der Waals surface area contributed by atoms with Crippen molar-refractivity contribution in [1.29, 1.82) is 5.26 Å². The Labute approximate surface area is 193 Å². The summed E-state index contributed by atoms with van der Waals surface area (Å²) in [5, 5.41) is 13.7. The van der Waals surface area contributed by atoms with Gasteiger partial charge in [-0.15, -0.1) is 0 Å². The minimum Gasteiger partial charge on any atom is -0.494 e. The van der Waals surface area contributed by atoms with Crippen LogP contribution in [0.4, 0.5) is 11.4 Å². The van der Waals surface area contributed by atoms with Crippen LogP contribution in [0.25, 0.3) is 10.9 Å². The number of ether oxygens (including phenoxy) is 2. The maximum atomic E-state index is 13.0. The van der Waals surface area contributed by atoms with Crippen LogP contribution >= 0.6 is 0 Å². The summed E-state index contributed by atoms with van der Waals surface area (Å²) in [7, 11) is 0. The molecule has 7 nitrogen and oxygen atoms in total. The van der Waals surface area contributed by atoms with Crippen molar-refractivity contribution in [2.75, 3.05) is 36.5 Å². The molecule has 1 aromatic heterocycles. The summed E-state index contributed by atoms with van der Waals surface area (Å²) in [6.45, 7) is 6.33. The number of amides is 1. The molecule has 2 heterocycles. The summed E-state index contributed by atoms with van der Waals surface area (Å²) < 4.78 is 11.3. The van der Waals surface area contributed by atoms with E-state index in [0.717, 1.165) is 22.3 Å². The third-order valence-corrected chi connectivity index (χ3v) is 5.87. The minimum absolute atomic E-state index is 0.000489. The van der Waals surface area contributed by atoms with E-state index < -0.39 is 0 Å². The second-order valence-corrected chi connectivity index (χ2v) is 7.92. The molecule has 1 amide bonds. The molecule has 0 saturated carbocycles. The van der Waals surface area contributed by atoms with E-state index in [9.17, 15) is 10.1 Å². The Hall–Kier alpha value is -3.79. The van der Waals surface area contributed by atoms with E-state index in [1.165, 1.54) is 0 Å². The lowest BCUT2D eigenvalue weighted by atomic mass is 9.94. The molecule has 2 aromatic carbocycles. The average molecular weight is 445 g/mol. The van der Waals surface area contributed by atoms with E-state index in [2.05, 4.69) is 21.3 Å². The molecule has 1 fully saturated rings. The first-order chi connectivity index (χ1) is 16.1. The number of nitrogens with zero attached hydrogens (tertiary/aromatic N) is 3. The molecule has 170 valence electrons. The molecule has 0 bridgehead atoms. The van der Waals surface area contributed by atoms with Crippen LogP contribution in [0.2, 0.25) is 0 Å². The molecular formula is C26H28N4O3. The summed E-state index contributed by atoms with van der Waals surface area (Å²) >= 11 is 0. The maximum absolute atomic E-state index is 13.0. The van der Waals surface area contributed by atoms with Crippen LogP contribution in [0.1, 0.15) is 32.3 Å². The number of carbonyl (C=O) groups excluding carboxylic acids is 1. The summed E-state index contributed by atoms with van der Waals surface area (Å²) in [6.07, 6.45) is 3.02. The molecule has 3 aromatic rings.